The lowest BCUT2D eigenvalue weighted by Gasteiger charge is -2.36. The molecule has 0 fully saturated rings. The smallest absolute Gasteiger partial charge is 0.233 e. The molecule has 0 saturated carbocycles. The van der Waals surface area contributed by atoms with Crippen molar-refractivity contribution in [3.8, 4) is 17.1 Å². The third-order valence-corrected chi connectivity index (χ3v) is 5.56. The van der Waals surface area contributed by atoms with E-state index in [1.807, 2.05) is 80.3 Å². The van der Waals surface area contributed by atoms with E-state index in [0.29, 0.717) is 17.5 Å². The molecule has 158 valence electrons. The van der Waals surface area contributed by atoms with Gasteiger partial charge in [0, 0.05) is 17.6 Å². The minimum absolute atomic E-state index is 0.0188. The third-order valence-electron chi connectivity index (χ3n) is 4.63. The minimum Gasteiger partial charge on any atom is -0.497 e. The first kappa shape index (κ1) is 21.7. The highest BCUT2D eigenvalue weighted by molar-refractivity contribution is 7.99. The number of nitrogen functional groups attached to an aromatic ring is 1. The van der Waals surface area contributed by atoms with Crippen molar-refractivity contribution in [1.82, 2.24) is 19.8 Å². The fraction of sp³-hybridized carbons (Fsp3) is 0.318. The summed E-state index contributed by atoms with van der Waals surface area (Å²) in [6.45, 7) is 6.65. The van der Waals surface area contributed by atoms with Crippen LogP contribution in [0.4, 0.5) is 0 Å². The molecule has 0 aliphatic carbocycles. The summed E-state index contributed by atoms with van der Waals surface area (Å²) in [6.07, 6.45) is 0. The predicted octanol–water partition coefficient (Wildman–Crippen LogP) is 3.59. The number of carbonyl (C=O) groups excluding carboxylic acids is 1. The van der Waals surface area contributed by atoms with Crippen LogP contribution in [0.3, 0.4) is 0 Å². The molecule has 0 aliphatic heterocycles. The molecule has 0 bridgehead atoms. The number of rotatable bonds is 7. The van der Waals surface area contributed by atoms with Crippen LogP contribution < -0.4 is 10.6 Å². The average molecular weight is 426 g/mol. The number of benzene rings is 2. The summed E-state index contributed by atoms with van der Waals surface area (Å²) >= 11 is 1.28. The second-order valence-electron chi connectivity index (χ2n) is 7.83. The van der Waals surface area contributed by atoms with E-state index < -0.39 is 0 Å². The molecule has 8 heteroatoms. The highest BCUT2D eigenvalue weighted by atomic mass is 32.2. The van der Waals surface area contributed by atoms with Gasteiger partial charge in [-0.25, -0.2) is 4.68 Å². The Kier molecular flexibility index (Phi) is 6.66. The highest BCUT2D eigenvalue weighted by Crippen LogP contribution is 2.25. The van der Waals surface area contributed by atoms with Crippen LogP contribution in [0.15, 0.2) is 59.8 Å². The summed E-state index contributed by atoms with van der Waals surface area (Å²) in [5, 5.41) is 8.83. The normalized spacial score (nSPS) is 11.3. The van der Waals surface area contributed by atoms with Crippen LogP contribution in [0.25, 0.3) is 11.4 Å². The van der Waals surface area contributed by atoms with E-state index in [1.54, 1.807) is 7.11 Å². The fourth-order valence-electron chi connectivity index (χ4n) is 2.98. The Morgan fingerprint density at radius 3 is 2.37 bits per heavy atom. The Morgan fingerprint density at radius 2 is 1.77 bits per heavy atom. The lowest BCUT2D eigenvalue weighted by atomic mass is 10.0. The SMILES string of the molecule is COc1ccc(-c2nnc(SCC(=O)N(Cc3ccccc3)C(C)(C)C)n2N)cc1. The molecule has 0 saturated heterocycles. The monoisotopic (exact) mass is 425 g/mol. The van der Waals surface area contributed by atoms with Gasteiger partial charge in [-0.05, 0) is 50.6 Å². The van der Waals surface area contributed by atoms with Gasteiger partial charge in [0.25, 0.3) is 0 Å². The maximum absolute atomic E-state index is 13.0. The van der Waals surface area contributed by atoms with Gasteiger partial charge in [-0.2, -0.15) is 0 Å². The minimum atomic E-state index is -0.307. The predicted molar refractivity (Wildman–Crippen MR) is 120 cm³/mol. The fourth-order valence-corrected chi connectivity index (χ4v) is 3.71. The first-order valence-corrected chi connectivity index (χ1v) is 10.6. The van der Waals surface area contributed by atoms with E-state index in [4.69, 9.17) is 10.6 Å². The second-order valence-corrected chi connectivity index (χ2v) is 8.77. The number of hydrogen-bond donors (Lipinski definition) is 1. The van der Waals surface area contributed by atoms with Gasteiger partial charge in [0.1, 0.15) is 5.75 Å². The topological polar surface area (TPSA) is 86.3 Å². The maximum atomic E-state index is 13.0. The Bertz CT molecular complexity index is 981. The number of thioether (sulfide) groups is 1. The van der Waals surface area contributed by atoms with Gasteiger partial charge in [0.2, 0.25) is 11.1 Å². The van der Waals surface area contributed by atoms with Crippen LogP contribution in [-0.2, 0) is 11.3 Å². The molecule has 0 spiro atoms. The molecule has 1 heterocycles. The van der Waals surface area contributed by atoms with Crippen molar-refractivity contribution in [2.75, 3.05) is 18.7 Å². The molecule has 0 unspecified atom stereocenters. The lowest BCUT2D eigenvalue weighted by molar-refractivity contribution is -0.133. The van der Waals surface area contributed by atoms with Gasteiger partial charge in [-0.3, -0.25) is 4.79 Å². The summed E-state index contributed by atoms with van der Waals surface area (Å²) < 4.78 is 6.59. The van der Waals surface area contributed by atoms with Gasteiger partial charge >= 0.3 is 0 Å². The van der Waals surface area contributed by atoms with Gasteiger partial charge in [0.05, 0.1) is 12.9 Å². The molecule has 2 N–H and O–H groups in total. The molecule has 1 amide bonds. The van der Waals surface area contributed by atoms with Crippen molar-refractivity contribution < 1.29 is 9.53 Å². The van der Waals surface area contributed by atoms with Crippen molar-refractivity contribution in [2.24, 2.45) is 0 Å². The molecular formula is C22H27N5O2S. The highest BCUT2D eigenvalue weighted by Gasteiger charge is 2.27. The van der Waals surface area contributed by atoms with E-state index in [1.165, 1.54) is 16.4 Å². The van der Waals surface area contributed by atoms with Gasteiger partial charge in [-0.1, -0.05) is 42.1 Å². The third kappa shape index (κ3) is 5.13. The standard InChI is InChI=1S/C22H27N5O2S/c1-22(2,3)26(14-16-8-6-5-7-9-16)19(28)15-30-21-25-24-20(27(21)23)17-10-12-18(29-4)13-11-17/h5-13H,14-15,23H2,1-4H3. The second kappa shape index (κ2) is 9.21. The molecule has 0 radical (unpaired) electrons. The number of amides is 1. The quantitative estimate of drug-likeness (QED) is 0.460. The summed E-state index contributed by atoms with van der Waals surface area (Å²) in [5.41, 5.74) is 1.61. The zero-order valence-electron chi connectivity index (χ0n) is 17.7. The van der Waals surface area contributed by atoms with E-state index in [9.17, 15) is 4.79 Å². The van der Waals surface area contributed by atoms with Crippen molar-refractivity contribution in [2.45, 2.75) is 38.0 Å². The zero-order chi connectivity index (χ0) is 21.7. The zero-order valence-corrected chi connectivity index (χ0v) is 18.5. The van der Waals surface area contributed by atoms with E-state index in [-0.39, 0.29) is 17.2 Å². The molecular weight excluding hydrogens is 398 g/mol. The summed E-state index contributed by atoms with van der Waals surface area (Å²) in [6, 6.07) is 17.4. The number of aromatic nitrogens is 3. The van der Waals surface area contributed by atoms with E-state index in [2.05, 4.69) is 10.2 Å². The molecule has 0 aliphatic rings. The van der Waals surface area contributed by atoms with Crippen LogP contribution in [0, 0.1) is 0 Å². The first-order chi connectivity index (χ1) is 14.3. The number of hydrogen-bond acceptors (Lipinski definition) is 6. The summed E-state index contributed by atoms with van der Waals surface area (Å²) in [4.78, 5) is 14.9. The van der Waals surface area contributed by atoms with Crippen molar-refractivity contribution in [1.29, 1.82) is 0 Å². The number of ether oxygens (including phenoxy) is 1. The first-order valence-electron chi connectivity index (χ1n) is 9.61. The summed E-state index contributed by atoms with van der Waals surface area (Å²) in [5.74, 6) is 7.72. The molecule has 3 rings (SSSR count). The Balaban J connectivity index is 1.70. The molecule has 7 nitrogen and oxygen atoms in total. The number of nitrogens with two attached hydrogens (primary N) is 1. The lowest BCUT2D eigenvalue weighted by Crippen LogP contribution is -2.46. The Labute approximate surface area is 181 Å². The van der Waals surface area contributed by atoms with Gasteiger partial charge < -0.3 is 15.5 Å². The molecule has 0 atom stereocenters. The van der Waals surface area contributed by atoms with E-state index in [0.717, 1.165) is 16.9 Å². The van der Waals surface area contributed by atoms with Crippen LogP contribution in [0.5, 0.6) is 5.75 Å². The van der Waals surface area contributed by atoms with Crippen LogP contribution in [0.2, 0.25) is 0 Å². The van der Waals surface area contributed by atoms with Crippen LogP contribution in [0.1, 0.15) is 26.3 Å². The number of carbonyl (C=O) groups is 1. The average Bonchev–Trinajstić information content (AvgIpc) is 3.10. The van der Waals surface area contributed by atoms with E-state index >= 15 is 0 Å². The van der Waals surface area contributed by atoms with Crippen molar-refractivity contribution in [3.05, 3.63) is 60.2 Å². The van der Waals surface area contributed by atoms with Crippen LogP contribution >= 0.6 is 11.8 Å². The van der Waals surface area contributed by atoms with Gasteiger partial charge in [0.15, 0.2) is 5.82 Å². The van der Waals surface area contributed by atoms with Crippen molar-refractivity contribution >= 4 is 17.7 Å². The molecule has 30 heavy (non-hydrogen) atoms. The largest absolute Gasteiger partial charge is 0.497 e. The Morgan fingerprint density at radius 1 is 1.10 bits per heavy atom. The Hall–Kier alpha value is -3.00. The number of nitrogens with zero attached hydrogens (tertiary/aromatic N) is 4. The molecule has 1 aromatic heterocycles. The molecule has 2 aromatic carbocycles. The molecule has 3 aromatic rings. The number of methoxy groups -OCH3 is 1. The van der Waals surface area contributed by atoms with Gasteiger partial charge in [-0.15, -0.1) is 10.2 Å². The maximum Gasteiger partial charge on any atom is 0.233 e. The van der Waals surface area contributed by atoms with Crippen LogP contribution in [-0.4, -0.2) is 44.1 Å². The van der Waals surface area contributed by atoms with Crippen molar-refractivity contribution in [3.63, 3.8) is 0 Å². The summed E-state index contributed by atoms with van der Waals surface area (Å²) in [7, 11) is 1.62.